The van der Waals surface area contributed by atoms with Crippen molar-refractivity contribution in [3.8, 4) is 5.75 Å². The molecule has 2 aromatic carbocycles. The highest BCUT2D eigenvalue weighted by molar-refractivity contribution is 5.87. The molecule has 0 radical (unpaired) electrons. The van der Waals surface area contributed by atoms with E-state index in [1.54, 1.807) is 12.1 Å². The van der Waals surface area contributed by atoms with E-state index in [0.717, 1.165) is 24.4 Å². The first-order valence-corrected chi connectivity index (χ1v) is 7.54. The highest BCUT2D eigenvalue weighted by Crippen LogP contribution is 2.09. The van der Waals surface area contributed by atoms with Gasteiger partial charge in [-0.05, 0) is 36.8 Å². The molecule has 0 saturated carbocycles. The number of nitrogens with one attached hydrogen (secondary N) is 1. The fraction of sp³-hybridized carbons (Fsp3) is 0.211. The first kappa shape index (κ1) is 16.8. The van der Waals surface area contributed by atoms with E-state index in [-0.39, 0.29) is 0 Å². The Labute approximate surface area is 136 Å². The van der Waals surface area contributed by atoms with Crippen LogP contribution in [0, 0.1) is 0 Å². The average molecular weight is 311 g/mol. The Balaban J connectivity index is 1.71. The Hall–Kier alpha value is -2.59. The van der Waals surface area contributed by atoms with E-state index in [9.17, 15) is 4.79 Å². The van der Waals surface area contributed by atoms with Crippen LogP contribution in [0.4, 0.5) is 0 Å². The second-order valence-corrected chi connectivity index (χ2v) is 5.26. The third-order valence-electron chi connectivity index (χ3n) is 3.27. The zero-order valence-corrected chi connectivity index (χ0v) is 13.2. The molecule has 120 valence electrons. The SMILES string of the molecule is CC(=Cc1ccc(C(=O)O)cc1)CNCCOc1ccccc1. The summed E-state index contributed by atoms with van der Waals surface area (Å²) in [7, 11) is 0. The van der Waals surface area contributed by atoms with Gasteiger partial charge in [0.2, 0.25) is 0 Å². The number of ether oxygens (including phenoxy) is 1. The van der Waals surface area contributed by atoms with Crippen LogP contribution in [0.25, 0.3) is 6.08 Å². The molecular weight excluding hydrogens is 290 g/mol. The summed E-state index contributed by atoms with van der Waals surface area (Å²) in [6.45, 7) is 4.18. The number of para-hydroxylation sites is 1. The Morgan fingerprint density at radius 1 is 1.13 bits per heavy atom. The van der Waals surface area contributed by atoms with E-state index in [1.807, 2.05) is 55.5 Å². The van der Waals surface area contributed by atoms with Crippen molar-refractivity contribution < 1.29 is 14.6 Å². The van der Waals surface area contributed by atoms with E-state index in [2.05, 4.69) is 5.32 Å². The Morgan fingerprint density at radius 2 is 1.83 bits per heavy atom. The summed E-state index contributed by atoms with van der Waals surface area (Å²) in [6, 6.07) is 16.6. The van der Waals surface area contributed by atoms with E-state index in [0.29, 0.717) is 12.2 Å². The molecule has 0 fully saturated rings. The van der Waals surface area contributed by atoms with Crippen LogP contribution >= 0.6 is 0 Å². The van der Waals surface area contributed by atoms with Crippen molar-refractivity contribution in [2.24, 2.45) is 0 Å². The van der Waals surface area contributed by atoms with E-state index in [4.69, 9.17) is 9.84 Å². The highest BCUT2D eigenvalue weighted by atomic mass is 16.5. The number of carbonyl (C=O) groups is 1. The maximum atomic E-state index is 10.8. The summed E-state index contributed by atoms with van der Waals surface area (Å²) in [5, 5.41) is 12.2. The molecule has 0 unspecified atom stereocenters. The van der Waals surface area contributed by atoms with Gasteiger partial charge in [0.05, 0.1) is 5.56 Å². The van der Waals surface area contributed by atoms with Crippen LogP contribution in [0.2, 0.25) is 0 Å². The van der Waals surface area contributed by atoms with E-state index in [1.165, 1.54) is 5.57 Å². The fourth-order valence-electron chi connectivity index (χ4n) is 2.10. The highest BCUT2D eigenvalue weighted by Gasteiger charge is 2.00. The van der Waals surface area contributed by atoms with Crippen molar-refractivity contribution in [3.05, 3.63) is 71.3 Å². The number of benzene rings is 2. The van der Waals surface area contributed by atoms with Gasteiger partial charge in [-0.2, -0.15) is 0 Å². The van der Waals surface area contributed by atoms with Crippen LogP contribution in [-0.2, 0) is 0 Å². The summed E-state index contributed by atoms with van der Waals surface area (Å²) in [5.74, 6) is -0.0302. The number of rotatable bonds is 8. The van der Waals surface area contributed by atoms with Gasteiger partial charge < -0.3 is 15.2 Å². The summed E-state index contributed by atoms with van der Waals surface area (Å²) >= 11 is 0. The summed E-state index contributed by atoms with van der Waals surface area (Å²) < 4.78 is 5.60. The quantitative estimate of drug-likeness (QED) is 0.733. The molecule has 0 bridgehead atoms. The van der Waals surface area contributed by atoms with Gasteiger partial charge >= 0.3 is 5.97 Å². The Bertz CT molecular complexity index is 648. The Kier molecular flexibility index (Phi) is 6.39. The lowest BCUT2D eigenvalue weighted by molar-refractivity contribution is 0.0697. The second-order valence-electron chi connectivity index (χ2n) is 5.26. The molecule has 0 aromatic heterocycles. The number of hydrogen-bond donors (Lipinski definition) is 2. The predicted molar refractivity (Wildman–Crippen MR) is 91.9 cm³/mol. The van der Waals surface area contributed by atoms with Crippen LogP contribution in [0.15, 0.2) is 60.2 Å². The molecule has 0 aliphatic rings. The zero-order valence-electron chi connectivity index (χ0n) is 13.2. The van der Waals surface area contributed by atoms with Crippen LogP contribution in [-0.4, -0.2) is 30.8 Å². The van der Waals surface area contributed by atoms with Gasteiger partial charge in [-0.15, -0.1) is 0 Å². The van der Waals surface area contributed by atoms with Gasteiger partial charge in [0.15, 0.2) is 0 Å². The Morgan fingerprint density at radius 3 is 2.48 bits per heavy atom. The third kappa shape index (κ3) is 5.96. The summed E-state index contributed by atoms with van der Waals surface area (Å²) in [5.41, 5.74) is 2.47. The lowest BCUT2D eigenvalue weighted by Gasteiger charge is -2.08. The number of aromatic carboxylic acids is 1. The topological polar surface area (TPSA) is 58.6 Å². The van der Waals surface area contributed by atoms with Crippen LogP contribution in [0.1, 0.15) is 22.8 Å². The molecule has 0 heterocycles. The molecule has 0 aliphatic carbocycles. The van der Waals surface area contributed by atoms with Gasteiger partial charge in [0.25, 0.3) is 0 Å². The van der Waals surface area contributed by atoms with Crippen LogP contribution < -0.4 is 10.1 Å². The molecule has 0 aliphatic heterocycles. The minimum Gasteiger partial charge on any atom is -0.492 e. The van der Waals surface area contributed by atoms with Gasteiger partial charge in [-0.3, -0.25) is 0 Å². The predicted octanol–water partition coefficient (Wildman–Crippen LogP) is 3.46. The molecule has 2 aromatic rings. The number of hydrogen-bond acceptors (Lipinski definition) is 3. The summed E-state index contributed by atoms with van der Waals surface area (Å²) in [4.78, 5) is 10.8. The summed E-state index contributed by atoms with van der Waals surface area (Å²) in [6.07, 6.45) is 2.04. The first-order chi connectivity index (χ1) is 11.1. The van der Waals surface area contributed by atoms with Crippen LogP contribution in [0.3, 0.4) is 0 Å². The molecule has 0 amide bonds. The van der Waals surface area contributed by atoms with Crippen molar-refractivity contribution in [2.75, 3.05) is 19.7 Å². The van der Waals surface area contributed by atoms with Gasteiger partial charge in [0.1, 0.15) is 12.4 Å². The first-order valence-electron chi connectivity index (χ1n) is 7.54. The lowest BCUT2D eigenvalue weighted by Crippen LogP contribution is -2.22. The smallest absolute Gasteiger partial charge is 0.335 e. The second kappa shape index (κ2) is 8.76. The van der Waals surface area contributed by atoms with Gasteiger partial charge in [0, 0.05) is 13.1 Å². The normalized spacial score (nSPS) is 11.3. The largest absolute Gasteiger partial charge is 0.492 e. The molecule has 0 atom stereocenters. The van der Waals surface area contributed by atoms with Crippen molar-refractivity contribution in [3.63, 3.8) is 0 Å². The molecule has 4 heteroatoms. The number of carboxylic acid groups (broad SMARTS) is 1. The number of carboxylic acids is 1. The monoisotopic (exact) mass is 311 g/mol. The van der Waals surface area contributed by atoms with Gasteiger partial charge in [-0.1, -0.05) is 42.0 Å². The molecule has 0 saturated heterocycles. The maximum absolute atomic E-state index is 10.8. The average Bonchev–Trinajstić information content (AvgIpc) is 2.56. The minimum atomic E-state index is -0.905. The van der Waals surface area contributed by atoms with Crippen molar-refractivity contribution in [1.29, 1.82) is 0 Å². The standard InChI is InChI=1S/C19H21NO3/c1-15(13-16-7-9-17(10-8-16)19(21)22)14-20-11-12-23-18-5-3-2-4-6-18/h2-10,13,20H,11-12,14H2,1H3,(H,21,22). The van der Waals surface area contributed by atoms with Crippen molar-refractivity contribution in [2.45, 2.75) is 6.92 Å². The van der Waals surface area contributed by atoms with E-state index >= 15 is 0 Å². The molecule has 23 heavy (non-hydrogen) atoms. The van der Waals surface area contributed by atoms with E-state index < -0.39 is 5.97 Å². The van der Waals surface area contributed by atoms with Gasteiger partial charge in [-0.25, -0.2) is 4.79 Å². The molecule has 2 rings (SSSR count). The fourth-order valence-corrected chi connectivity index (χ4v) is 2.10. The molecule has 4 nitrogen and oxygen atoms in total. The minimum absolute atomic E-state index is 0.302. The zero-order chi connectivity index (χ0) is 16.5. The van der Waals surface area contributed by atoms with Crippen molar-refractivity contribution in [1.82, 2.24) is 5.32 Å². The van der Waals surface area contributed by atoms with Crippen molar-refractivity contribution >= 4 is 12.0 Å². The lowest BCUT2D eigenvalue weighted by atomic mass is 10.1. The maximum Gasteiger partial charge on any atom is 0.335 e. The molecule has 2 N–H and O–H groups in total. The molecule has 0 spiro atoms. The third-order valence-corrected chi connectivity index (χ3v) is 3.27. The van der Waals surface area contributed by atoms with Crippen LogP contribution in [0.5, 0.6) is 5.75 Å². The molecular formula is C19H21NO3.